The molecule has 4 aromatic rings. The molecule has 0 heterocycles. The second kappa shape index (κ2) is 8.56. The average Bonchev–Trinajstić information content (AvgIpc) is 2.81. The van der Waals surface area contributed by atoms with Crippen LogP contribution in [0.5, 0.6) is 0 Å². The van der Waals surface area contributed by atoms with Crippen LogP contribution in [0, 0.1) is 0 Å². The second-order valence-electron chi connectivity index (χ2n) is 6.90. The third kappa shape index (κ3) is 3.80. The lowest BCUT2D eigenvalue weighted by Gasteiger charge is -2.37. The van der Waals surface area contributed by atoms with Gasteiger partial charge in [0.15, 0.2) is 0 Å². The highest BCUT2D eigenvalue weighted by atomic mass is 32.2. The van der Waals surface area contributed by atoms with Crippen LogP contribution in [0.25, 0.3) is 0 Å². The molecule has 0 saturated heterocycles. The maximum absolute atomic E-state index is 13.9. The second-order valence-corrected chi connectivity index (χ2v) is 8.44. The maximum Gasteiger partial charge on any atom is 0.133 e. The summed E-state index contributed by atoms with van der Waals surface area (Å²) in [5.41, 5.74) is 0.781. The number of hydrogen-bond donors (Lipinski definition) is 1. The van der Waals surface area contributed by atoms with Crippen molar-refractivity contribution < 1.29 is 9.32 Å². The zero-order valence-electron chi connectivity index (χ0n) is 15.9. The Morgan fingerprint density at radius 1 is 0.586 bits per heavy atom. The first kappa shape index (κ1) is 19.3. The van der Waals surface area contributed by atoms with Crippen molar-refractivity contribution in [2.45, 2.75) is 15.7 Å². The summed E-state index contributed by atoms with van der Waals surface area (Å²) >= 11 is 0. The third-order valence-electron chi connectivity index (χ3n) is 5.10. The van der Waals surface area contributed by atoms with Crippen LogP contribution in [-0.2, 0) is 16.4 Å². The van der Waals surface area contributed by atoms with Gasteiger partial charge in [0, 0.05) is 4.90 Å². The van der Waals surface area contributed by atoms with Crippen molar-refractivity contribution >= 4 is 10.8 Å². The van der Waals surface area contributed by atoms with Crippen LogP contribution in [0.1, 0.15) is 21.9 Å². The first-order valence-electron chi connectivity index (χ1n) is 9.55. The van der Waals surface area contributed by atoms with Gasteiger partial charge in [-0.15, -0.1) is 0 Å². The molecule has 144 valence electrons. The monoisotopic (exact) mass is 398 g/mol. The van der Waals surface area contributed by atoms with E-state index >= 15 is 0 Å². The van der Waals surface area contributed by atoms with E-state index in [0.29, 0.717) is 16.0 Å². The Morgan fingerprint density at radius 3 is 1.41 bits per heavy atom. The van der Waals surface area contributed by atoms with Gasteiger partial charge in [0.05, 0.1) is 10.8 Å². The summed E-state index contributed by atoms with van der Waals surface area (Å²) in [5.74, 6) is 0. The Balaban J connectivity index is 1.98. The molecule has 0 amide bonds. The Morgan fingerprint density at radius 2 is 0.966 bits per heavy atom. The lowest BCUT2D eigenvalue weighted by Crippen LogP contribution is -2.37. The van der Waals surface area contributed by atoms with Crippen molar-refractivity contribution in [1.29, 1.82) is 0 Å². The number of benzene rings is 4. The highest BCUT2D eigenvalue weighted by Gasteiger charge is 2.45. The predicted molar refractivity (Wildman–Crippen MR) is 118 cm³/mol. The summed E-state index contributed by atoms with van der Waals surface area (Å²) in [6.07, 6.45) is 0. The van der Waals surface area contributed by atoms with Crippen LogP contribution in [0.2, 0.25) is 0 Å². The first-order chi connectivity index (χ1) is 14.2. The Bertz CT molecular complexity index is 1030. The molecule has 29 heavy (non-hydrogen) atoms. The molecule has 0 aliphatic carbocycles. The molecule has 0 saturated carbocycles. The van der Waals surface area contributed by atoms with Crippen LogP contribution in [0.15, 0.2) is 126 Å². The van der Waals surface area contributed by atoms with Gasteiger partial charge < -0.3 is 5.11 Å². The molecule has 0 aromatic heterocycles. The van der Waals surface area contributed by atoms with Gasteiger partial charge in [0.1, 0.15) is 10.9 Å². The predicted octanol–water partition coefficient (Wildman–Crippen LogP) is 5.47. The molecule has 0 spiro atoms. The smallest absolute Gasteiger partial charge is 0.133 e. The van der Waals surface area contributed by atoms with Gasteiger partial charge in [-0.1, -0.05) is 109 Å². The summed E-state index contributed by atoms with van der Waals surface area (Å²) in [4.78, 5) is 0.687. The molecular weight excluding hydrogens is 376 g/mol. The fraction of sp³-hybridized carbons (Fsp3) is 0.0769. The van der Waals surface area contributed by atoms with Crippen LogP contribution < -0.4 is 0 Å². The van der Waals surface area contributed by atoms with E-state index in [1.165, 1.54) is 0 Å². The van der Waals surface area contributed by atoms with Crippen LogP contribution in [-0.4, -0.2) is 9.32 Å². The summed E-state index contributed by atoms with van der Waals surface area (Å²) < 4.78 is 13.9. The Hall–Kier alpha value is -3.01. The molecule has 3 heteroatoms. The standard InChI is InChI=1S/C26H22O2S/c27-26(22-15-7-2-8-16-22,23-17-9-3-10-18-23)25(21-13-5-1-6-14-21)29(28)24-19-11-4-12-20-24/h1-20,25,27H/t25-,29-/m1/s1. The molecule has 4 rings (SSSR count). The molecule has 2 nitrogen and oxygen atoms in total. The summed E-state index contributed by atoms with van der Waals surface area (Å²) in [5, 5.41) is 11.6. The van der Waals surface area contributed by atoms with E-state index in [4.69, 9.17) is 0 Å². The number of hydrogen-bond acceptors (Lipinski definition) is 2. The van der Waals surface area contributed by atoms with Gasteiger partial charge in [-0.05, 0) is 28.8 Å². The van der Waals surface area contributed by atoms with Crippen LogP contribution in [0.4, 0.5) is 0 Å². The minimum absolute atomic E-state index is 0.684. The molecule has 0 bridgehead atoms. The fourth-order valence-electron chi connectivity index (χ4n) is 3.69. The van der Waals surface area contributed by atoms with Gasteiger partial charge in [0.25, 0.3) is 0 Å². The van der Waals surface area contributed by atoms with Crippen molar-refractivity contribution in [3.8, 4) is 0 Å². The quantitative estimate of drug-likeness (QED) is 0.467. The van der Waals surface area contributed by atoms with Gasteiger partial charge in [-0.3, -0.25) is 4.21 Å². The normalized spacial score (nSPS) is 13.6. The number of aliphatic hydroxyl groups is 1. The molecule has 0 aliphatic heterocycles. The Labute approximate surface area is 174 Å². The lowest BCUT2D eigenvalue weighted by molar-refractivity contribution is 0.0762. The van der Waals surface area contributed by atoms with E-state index in [1.54, 1.807) is 0 Å². The van der Waals surface area contributed by atoms with Crippen molar-refractivity contribution in [3.63, 3.8) is 0 Å². The van der Waals surface area contributed by atoms with Gasteiger partial charge >= 0.3 is 0 Å². The van der Waals surface area contributed by atoms with Crippen molar-refractivity contribution in [2.24, 2.45) is 0 Å². The molecule has 0 fully saturated rings. The van der Waals surface area contributed by atoms with Gasteiger partial charge in [0.2, 0.25) is 0 Å². The van der Waals surface area contributed by atoms with E-state index in [-0.39, 0.29) is 0 Å². The molecule has 4 aromatic carbocycles. The average molecular weight is 399 g/mol. The van der Waals surface area contributed by atoms with E-state index in [1.807, 2.05) is 121 Å². The van der Waals surface area contributed by atoms with E-state index in [0.717, 1.165) is 5.56 Å². The minimum atomic E-state index is -1.49. The van der Waals surface area contributed by atoms with Crippen LogP contribution >= 0.6 is 0 Å². The van der Waals surface area contributed by atoms with E-state index < -0.39 is 21.7 Å². The SMILES string of the molecule is O=[S@](c1ccccc1)[C@H](c1ccccc1)C(O)(c1ccccc1)c1ccccc1. The van der Waals surface area contributed by atoms with Crippen molar-refractivity contribution in [3.05, 3.63) is 138 Å². The zero-order chi connectivity index (χ0) is 20.1. The summed E-state index contributed by atoms with van der Waals surface area (Å²) in [7, 11) is -1.49. The summed E-state index contributed by atoms with van der Waals surface area (Å²) in [6.45, 7) is 0. The third-order valence-corrected chi connectivity index (χ3v) is 6.88. The maximum atomic E-state index is 13.9. The van der Waals surface area contributed by atoms with E-state index in [9.17, 15) is 9.32 Å². The largest absolute Gasteiger partial charge is 0.379 e. The molecule has 0 radical (unpaired) electrons. The highest BCUT2D eigenvalue weighted by molar-refractivity contribution is 7.85. The molecule has 2 atom stereocenters. The molecule has 1 N–H and O–H groups in total. The molecular formula is C26H22O2S. The van der Waals surface area contributed by atoms with Crippen LogP contribution in [0.3, 0.4) is 0 Å². The molecule has 0 aliphatic rings. The zero-order valence-corrected chi connectivity index (χ0v) is 16.7. The fourth-order valence-corrected chi connectivity index (χ4v) is 5.38. The van der Waals surface area contributed by atoms with Gasteiger partial charge in [-0.25, -0.2) is 0 Å². The van der Waals surface area contributed by atoms with Crippen molar-refractivity contribution in [2.75, 3.05) is 0 Å². The summed E-state index contributed by atoms with van der Waals surface area (Å²) in [6, 6.07) is 38.0. The topological polar surface area (TPSA) is 37.3 Å². The number of rotatable bonds is 6. The lowest BCUT2D eigenvalue weighted by atomic mass is 9.81. The van der Waals surface area contributed by atoms with E-state index in [2.05, 4.69) is 0 Å². The minimum Gasteiger partial charge on any atom is -0.379 e. The highest BCUT2D eigenvalue weighted by Crippen LogP contribution is 2.46. The van der Waals surface area contributed by atoms with Gasteiger partial charge in [-0.2, -0.15) is 0 Å². The molecule has 0 unspecified atom stereocenters. The van der Waals surface area contributed by atoms with Crippen molar-refractivity contribution in [1.82, 2.24) is 0 Å². The Kier molecular flexibility index (Phi) is 5.70. The first-order valence-corrected chi connectivity index (χ1v) is 10.8.